The number of aromatic nitrogens is 4. The summed E-state index contributed by atoms with van der Waals surface area (Å²) in [5.74, 6) is 0.955. The number of thioether (sulfide) groups is 1. The van der Waals surface area contributed by atoms with E-state index in [4.69, 9.17) is 17.2 Å². The minimum atomic E-state index is 0.622. The van der Waals surface area contributed by atoms with Gasteiger partial charge in [-0.05, 0) is 35.5 Å². The molecule has 1 aliphatic heterocycles. The van der Waals surface area contributed by atoms with Crippen LogP contribution in [0.1, 0.15) is 22.9 Å². The van der Waals surface area contributed by atoms with E-state index in [0.717, 1.165) is 47.4 Å². The van der Waals surface area contributed by atoms with Crippen LogP contribution in [0.4, 0.5) is 0 Å². The third-order valence-electron chi connectivity index (χ3n) is 4.92. The van der Waals surface area contributed by atoms with Gasteiger partial charge in [0.05, 0.1) is 5.39 Å². The van der Waals surface area contributed by atoms with Crippen molar-refractivity contribution >= 4 is 51.2 Å². The number of rotatable bonds is 4. The van der Waals surface area contributed by atoms with E-state index in [9.17, 15) is 0 Å². The number of nitrogens with zero attached hydrogens (tertiary/aromatic N) is 4. The van der Waals surface area contributed by atoms with Crippen molar-refractivity contribution in [1.29, 1.82) is 0 Å². The molecule has 0 amide bonds. The molecule has 1 aromatic carbocycles. The first-order valence-electron chi connectivity index (χ1n) is 9.05. The molecule has 5 rings (SSSR count). The highest BCUT2D eigenvalue weighted by Gasteiger charge is 2.25. The number of hydrogen-bond acceptors (Lipinski definition) is 6. The molecule has 0 aliphatic carbocycles. The summed E-state index contributed by atoms with van der Waals surface area (Å²) in [6.45, 7) is 5.14. The molecule has 1 N–H and O–H groups in total. The van der Waals surface area contributed by atoms with Gasteiger partial charge < -0.3 is 0 Å². The van der Waals surface area contributed by atoms with Crippen molar-refractivity contribution in [2.24, 2.45) is 0 Å². The minimum Gasteiger partial charge on any atom is -0.294 e. The number of fused-ring (bicyclic) bond motifs is 5. The van der Waals surface area contributed by atoms with Crippen LogP contribution in [0.5, 0.6) is 0 Å². The Bertz CT molecular complexity index is 1170. The van der Waals surface area contributed by atoms with E-state index >= 15 is 0 Å². The summed E-state index contributed by atoms with van der Waals surface area (Å²) in [7, 11) is 0. The maximum Gasteiger partial charge on any atom is 0.201 e. The first-order valence-corrected chi connectivity index (χ1v) is 11.3. The van der Waals surface area contributed by atoms with Crippen molar-refractivity contribution in [2.45, 2.75) is 31.6 Å². The molecule has 0 unspecified atom stereocenters. The molecule has 138 valence electrons. The lowest BCUT2D eigenvalue weighted by Gasteiger charge is -2.26. The van der Waals surface area contributed by atoms with Gasteiger partial charge in [0, 0.05) is 24.5 Å². The fraction of sp³-hybridized carbons (Fsp3) is 0.316. The smallest absolute Gasteiger partial charge is 0.201 e. The molecular formula is C19H19N5S3. The molecule has 0 fully saturated rings. The number of nitrogens with one attached hydrogen (secondary N) is 1. The van der Waals surface area contributed by atoms with Crippen LogP contribution >= 0.6 is 35.3 Å². The molecule has 0 saturated heterocycles. The van der Waals surface area contributed by atoms with Crippen molar-refractivity contribution < 1.29 is 0 Å². The van der Waals surface area contributed by atoms with Crippen LogP contribution in [0.25, 0.3) is 15.9 Å². The van der Waals surface area contributed by atoms with Gasteiger partial charge in [0.2, 0.25) is 4.77 Å². The minimum absolute atomic E-state index is 0.622. The Morgan fingerprint density at radius 2 is 2.15 bits per heavy atom. The van der Waals surface area contributed by atoms with E-state index in [1.54, 1.807) is 11.8 Å². The van der Waals surface area contributed by atoms with Crippen LogP contribution < -0.4 is 0 Å². The fourth-order valence-corrected chi connectivity index (χ4v) is 6.04. The highest BCUT2D eigenvalue weighted by Crippen LogP contribution is 2.38. The van der Waals surface area contributed by atoms with Crippen molar-refractivity contribution in [1.82, 2.24) is 24.5 Å². The van der Waals surface area contributed by atoms with Crippen LogP contribution in [0, 0.1) is 4.77 Å². The largest absolute Gasteiger partial charge is 0.294 e. The molecule has 0 bridgehead atoms. The summed E-state index contributed by atoms with van der Waals surface area (Å²) < 4.78 is 2.62. The normalized spacial score (nSPS) is 14.9. The van der Waals surface area contributed by atoms with Gasteiger partial charge >= 0.3 is 0 Å². The molecule has 5 nitrogen and oxygen atoms in total. The lowest BCUT2D eigenvalue weighted by Crippen LogP contribution is -2.29. The van der Waals surface area contributed by atoms with E-state index in [1.165, 1.54) is 21.4 Å². The predicted octanol–water partition coefficient (Wildman–Crippen LogP) is 4.67. The van der Waals surface area contributed by atoms with Gasteiger partial charge in [-0.2, -0.15) is 5.10 Å². The van der Waals surface area contributed by atoms with Crippen molar-refractivity contribution in [3.05, 3.63) is 51.1 Å². The van der Waals surface area contributed by atoms with Crippen LogP contribution in [0.3, 0.4) is 0 Å². The molecular weight excluding hydrogens is 394 g/mol. The van der Waals surface area contributed by atoms with E-state index < -0.39 is 0 Å². The Morgan fingerprint density at radius 1 is 1.30 bits per heavy atom. The monoisotopic (exact) mass is 413 g/mol. The Labute approximate surface area is 170 Å². The number of H-pyrrole nitrogens is 1. The predicted molar refractivity (Wildman–Crippen MR) is 114 cm³/mol. The molecule has 1 aliphatic rings. The van der Waals surface area contributed by atoms with Gasteiger partial charge in [0.15, 0.2) is 10.8 Å². The van der Waals surface area contributed by atoms with E-state index in [-0.39, 0.29) is 0 Å². The number of benzene rings is 1. The molecule has 27 heavy (non-hydrogen) atoms. The molecule has 0 spiro atoms. The van der Waals surface area contributed by atoms with Crippen molar-refractivity contribution in [3.8, 4) is 0 Å². The second-order valence-corrected chi connectivity index (χ2v) is 9.35. The zero-order valence-electron chi connectivity index (χ0n) is 14.9. The molecule has 3 aromatic heterocycles. The van der Waals surface area contributed by atoms with E-state index in [1.807, 2.05) is 15.7 Å². The summed E-state index contributed by atoms with van der Waals surface area (Å²) >= 11 is 8.98. The molecule has 8 heteroatoms. The van der Waals surface area contributed by atoms with Gasteiger partial charge in [-0.25, -0.2) is 9.38 Å². The lowest BCUT2D eigenvalue weighted by atomic mass is 10.0. The van der Waals surface area contributed by atoms with E-state index in [2.05, 4.69) is 52.4 Å². The zero-order chi connectivity index (χ0) is 18.4. The second kappa shape index (κ2) is 7.01. The molecule has 4 heterocycles. The standard InChI is InChI=1S/C19H19N5S3/c1-2-26-19-20-17-15(16-21-22-18(25)24(16)19)13-8-9-23(11-14(13)27-17)10-12-6-4-3-5-7-12/h3-7H,2,8-11H2,1H3,(H,22,25). The summed E-state index contributed by atoms with van der Waals surface area (Å²) in [6.07, 6.45) is 1.03. The number of hydrogen-bond donors (Lipinski definition) is 1. The maximum atomic E-state index is 5.46. The summed E-state index contributed by atoms with van der Waals surface area (Å²) in [6, 6.07) is 10.7. The summed E-state index contributed by atoms with van der Waals surface area (Å²) in [5, 5.41) is 9.62. The van der Waals surface area contributed by atoms with Crippen LogP contribution in [0.2, 0.25) is 0 Å². The Kier molecular flexibility index (Phi) is 4.51. The third kappa shape index (κ3) is 3.00. The van der Waals surface area contributed by atoms with Gasteiger partial charge in [0.1, 0.15) is 4.83 Å². The third-order valence-corrected chi connectivity index (χ3v) is 7.13. The lowest BCUT2D eigenvalue weighted by molar-refractivity contribution is 0.249. The first kappa shape index (κ1) is 17.4. The first-order chi connectivity index (χ1) is 13.2. The average Bonchev–Trinajstić information content (AvgIpc) is 3.23. The summed E-state index contributed by atoms with van der Waals surface area (Å²) in [4.78, 5) is 9.95. The maximum absolute atomic E-state index is 5.46. The Morgan fingerprint density at radius 3 is 2.96 bits per heavy atom. The Hall–Kier alpha value is -1.74. The zero-order valence-corrected chi connectivity index (χ0v) is 17.4. The number of thiophene rings is 1. The SMILES string of the molecule is CCSc1nc2sc3c(c2c2n[nH]c(=S)n12)CCN(Cc1ccccc1)C3. The van der Waals surface area contributed by atoms with Crippen LogP contribution in [-0.4, -0.2) is 36.8 Å². The van der Waals surface area contributed by atoms with Crippen LogP contribution in [0.15, 0.2) is 35.5 Å². The van der Waals surface area contributed by atoms with Gasteiger partial charge in [-0.15, -0.1) is 11.3 Å². The van der Waals surface area contributed by atoms with Gasteiger partial charge in [-0.1, -0.05) is 49.0 Å². The van der Waals surface area contributed by atoms with Crippen molar-refractivity contribution in [2.75, 3.05) is 12.3 Å². The van der Waals surface area contributed by atoms with Crippen LogP contribution in [-0.2, 0) is 19.5 Å². The highest BCUT2D eigenvalue weighted by atomic mass is 32.2. The molecule has 0 saturated carbocycles. The van der Waals surface area contributed by atoms with Crippen molar-refractivity contribution in [3.63, 3.8) is 0 Å². The quantitative estimate of drug-likeness (QED) is 0.299. The van der Waals surface area contributed by atoms with Gasteiger partial charge in [-0.3, -0.25) is 10.00 Å². The second-order valence-electron chi connectivity index (χ2n) is 6.65. The summed E-state index contributed by atoms with van der Waals surface area (Å²) in [5.41, 5.74) is 3.69. The molecule has 4 aromatic rings. The molecule has 0 radical (unpaired) electrons. The van der Waals surface area contributed by atoms with E-state index in [0.29, 0.717) is 4.77 Å². The number of aromatic amines is 1. The average molecular weight is 414 g/mol. The Balaban J connectivity index is 1.58. The molecule has 0 atom stereocenters. The fourth-order valence-electron chi connectivity index (χ4n) is 3.73. The highest BCUT2D eigenvalue weighted by molar-refractivity contribution is 7.99. The topological polar surface area (TPSA) is 49.2 Å². The van der Waals surface area contributed by atoms with Gasteiger partial charge in [0.25, 0.3) is 0 Å².